The van der Waals surface area contributed by atoms with Crippen molar-refractivity contribution in [3.8, 4) is 0 Å². The first-order valence-corrected chi connectivity index (χ1v) is 4.86. The van der Waals surface area contributed by atoms with Crippen molar-refractivity contribution in [2.24, 2.45) is 9.98 Å². The summed E-state index contributed by atoms with van der Waals surface area (Å²) in [4.78, 5) is 8.25. The molecule has 12 heavy (non-hydrogen) atoms. The molecule has 2 nitrogen and oxygen atoms in total. The lowest BCUT2D eigenvalue weighted by Gasteiger charge is -1.97. The Balaban J connectivity index is 1.89. The fraction of sp³-hybridized carbons (Fsp3) is 0.700. The Morgan fingerprint density at radius 1 is 1.00 bits per heavy atom. The summed E-state index contributed by atoms with van der Waals surface area (Å²) in [6.07, 6.45) is 12.2. The van der Waals surface area contributed by atoms with E-state index in [2.05, 4.69) is 16.9 Å². The molecular formula is C10H17N2+. The van der Waals surface area contributed by atoms with Crippen LogP contribution in [0.2, 0.25) is 0 Å². The molecule has 1 rings (SSSR count). The molecule has 0 atom stereocenters. The lowest BCUT2D eigenvalue weighted by Crippen LogP contribution is -1.86. The van der Waals surface area contributed by atoms with Gasteiger partial charge in [0.25, 0.3) is 0 Å². The van der Waals surface area contributed by atoms with Gasteiger partial charge in [-0.15, -0.1) is 0 Å². The molecule has 0 spiro atoms. The van der Waals surface area contributed by atoms with Gasteiger partial charge in [0.15, 0.2) is 12.4 Å². The van der Waals surface area contributed by atoms with Crippen molar-refractivity contribution in [2.45, 2.75) is 45.4 Å². The average molecular weight is 165 g/mol. The van der Waals surface area contributed by atoms with Crippen LogP contribution in [0.5, 0.6) is 0 Å². The monoisotopic (exact) mass is 165 g/mol. The van der Waals surface area contributed by atoms with Gasteiger partial charge in [0, 0.05) is 0 Å². The number of rotatable bonds is 6. The first-order valence-electron chi connectivity index (χ1n) is 4.86. The van der Waals surface area contributed by atoms with E-state index in [0.29, 0.717) is 0 Å². The highest BCUT2D eigenvalue weighted by Crippen LogP contribution is 2.16. The summed E-state index contributed by atoms with van der Waals surface area (Å²) in [5.41, 5.74) is 0. The molecule has 0 saturated heterocycles. The van der Waals surface area contributed by atoms with E-state index in [4.69, 9.17) is 0 Å². The zero-order chi connectivity index (χ0) is 8.65. The predicted molar refractivity (Wildman–Crippen MR) is 53.6 cm³/mol. The van der Waals surface area contributed by atoms with Gasteiger partial charge in [0.05, 0.1) is 6.42 Å². The lowest BCUT2D eigenvalue weighted by molar-refractivity contribution is 0.609. The SMILES string of the molecule is CCCCCCC[C+]1N=CC=N1. The molecule has 0 radical (unpaired) electrons. The second-order valence-electron chi connectivity index (χ2n) is 3.14. The van der Waals surface area contributed by atoms with Crippen molar-refractivity contribution in [1.29, 1.82) is 0 Å². The van der Waals surface area contributed by atoms with E-state index in [0.717, 1.165) is 12.6 Å². The van der Waals surface area contributed by atoms with Crippen LogP contribution in [0.4, 0.5) is 0 Å². The number of unbranched alkanes of at least 4 members (excludes halogenated alkanes) is 4. The van der Waals surface area contributed by atoms with Gasteiger partial charge in [-0.25, -0.2) is 0 Å². The lowest BCUT2D eigenvalue weighted by atomic mass is 10.1. The van der Waals surface area contributed by atoms with E-state index in [1.54, 1.807) is 12.4 Å². The third-order valence-corrected chi connectivity index (χ3v) is 2.02. The Hall–Kier alpha value is -0.790. The smallest absolute Gasteiger partial charge is 0.0968 e. The van der Waals surface area contributed by atoms with E-state index < -0.39 is 0 Å². The van der Waals surface area contributed by atoms with Crippen molar-refractivity contribution in [1.82, 2.24) is 0 Å². The Morgan fingerprint density at radius 3 is 2.33 bits per heavy atom. The summed E-state index contributed by atoms with van der Waals surface area (Å²) in [5.74, 6) is 0. The number of nitrogens with zero attached hydrogens (tertiary/aromatic N) is 2. The third-order valence-electron chi connectivity index (χ3n) is 2.02. The van der Waals surface area contributed by atoms with Crippen LogP contribution in [0.25, 0.3) is 0 Å². The van der Waals surface area contributed by atoms with Crippen LogP contribution in [-0.2, 0) is 0 Å². The molecular weight excluding hydrogens is 148 g/mol. The summed E-state index contributed by atoms with van der Waals surface area (Å²) in [6, 6.07) is 0. The zero-order valence-corrected chi connectivity index (χ0v) is 7.79. The minimum Gasteiger partial charge on any atom is -0.0968 e. The second kappa shape index (κ2) is 5.81. The molecule has 0 aromatic heterocycles. The summed E-state index contributed by atoms with van der Waals surface area (Å²) in [7, 11) is 0. The molecule has 0 saturated carbocycles. The van der Waals surface area contributed by atoms with E-state index in [-0.39, 0.29) is 0 Å². The van der Waals surface area contributed by atoms with Crippen molar-refractivity contribution in [3.05, 3.63) is 6.17 Å². The van der Waals surface area contributed by atoms with E-state index in [1.807, 2.05) is 0 Å². The highest BCUT2D eigenvalue weighted by molar-refractivity contribution is 6.18. The molecule has 1 heterocycles. The van der Waals surface area contributed by atoms with Gasteiger partial charge in [-0.1, -0.05) is 42.6 Å². The molecule has 0 fully saturated rings. The van der Waals surface area contributed by atoms with Crippen molar-refractivity contribution >= 4 is 12.4 Å². The number of aliphatic imine (C=N–C) groups is 2. The van der Waals surface area contributed by atoms with Crippen molar-refractivity contribution in [3.63, 3.8) is 0 Å². The molecule has 1 aliphatic heterocycles. The topological polar surface area (TPSA) is 24.7 Å². The van der Waals surface area contributed by atoms with Gasteiger partial charge in [-0.05, 0) is 6.42 Å². The predicted octanol–water partition coefficient (Wildman–Crippen LogP) is 2.99. The number of hydrogen-bond donors (Lipinski definition) is 0. The Morgan fingerprint density at radius 2 is 1.67 bits per heavy atom. The van der Waals surface area contributed by atoms with Gasteiger partial charge < -0.3 is 0 Å². The summed E-state index contributed by atoms with van der Waals surface area (Å²) in [6.45, 7) is 2.24. The van der Waals surface area contributed by atoms with Crippen LogP contribution in [0.1, 0.15) is 45.4 Å². The normalized spacial score (nSPS) is 14.6. The maximum Gasteiger partial charge on any atom is 0.240 e. The third kappa shape index (κ3) is 3.56. The molecule has 0 bridgehead atoms. The zero-order valence-electron chi connectivity index (χ0n) is 7.79. The van der Waals surface area contributed by atoms with Crippen molar-refractivity contribution in [2.75, 3.05) is 0 Å². The van der Waals surface area contributed by atoms with Crippen molar-refractivity contribution < 1.29 is 0 Å². The summed E-state index contributed by atoms with van der Waals surface area (Å²) >= 11 is 0. The fourth-order valence-electron chi connectivity index (χ4n) is 1.29. The van der Waals surface area contributed by atoms with Gasteiger partial charge in [0.2, 0.25) is 6.17 Å². The maximum atomic E-state index is 4.12. The second-order valence-corrected chi connectivity index (χ2v) is 3.14. The van der Waals surface area contributed by atoms with Crippen LogP contribution < -0.4 is 0 Å². The van der Waals surface area contributed by atoms with Gasteiger partial charge in [0.1, 0.15) is 0 Å². The quantitative estimate of drug-likeness (QED) is 0.427. The molecule has 66 valence electrons. The molecule has 0 amide bonds. The van der Waals surface area contributed by atoms with Crippen LogP contribution in [0, 0.1) is 6.17 Å². The minimum atomic E-state index is 1.01. The molecule has 0 aliphatic carbocycles. The average Bonchev–Trinajstić information content (AvgIpc) is 2.57. The molecule has 1 aliphatic rings. The Labute approximate surface area is 74.8 Å². The first kappa shape index (κ1) is 9.30. The van der Waals surface area contributed by atoms with Crippen LogP contribution in [0.15, 0.2) is 9.98 Å². The Bertz CT molecular complexity index is 149. The van der Waals surface area contributed by atoms with Gasteiger partial charge in [-0.2, -0.15) is 0 Å². The minimum absolute atomic E-state index is 1.01. The summed E-state index contributed by atoms with van der Waals surface area (Å²) in [5, 5.41) is 0. The fourth-order valence-corrected chi connectivity index (χ4v) is 1.29. The van der Waals surface area contributed by atoms with E-state index in [9.17, 15) is 0 Å². The highest BCUT2D eigenvalue weighted by Gasteiger charge is 2.13. The maximum absolute atomic E-state index is 4.12. The highest BCUT2D eigenvalue weighted by atomic mass is 15.0. The Kier molecular flexibility index (Phi) is 4.50. The van der Waals surface area contributed by atoms with E-state index >= 15 is 0 Å². The van der Waals surface area contributed by atoms with E-state index in [1.165, 1.54) is 32.1 Å². The van der Waals surface area contributed by atoms with Crippen LogP contribution in [-0.4, -0.2) is 12.4 Å². The van der Waals surface area contributed by atoms with Crippen LogP contribution in [0.3, 0.4) is 0 Å². The molecule has 2 heteroatoms. The summed E-state index contributed by atoms with van der Waals surface area (Å²) < 4.78 is 0. The largest absolute Gasteiger partial charge is 0.240 e. The molecule has 0 aromatic rings. The van der Waals surface area contributed by atoms with Crippen LogP contribution >= 0.6 is 0 Å². The molecule has 0 N–H and O–H groups in total. The van der Waals surface area contributed by atoms with Gasteiger partial charge in [-0.3, -0.25) is 0 Å². The van der Waals surface area contributed by atoms with Gasteiger partial charge >= 0.3 is 0 Å². The number of hydrogen-bond acceptors (Lipinski definition) is 2. The standard InChI is InChI=1S/C10H17N2/c1-2-3-4-5-6-7-10-11-8-9-12-10/h8-9H,2-7H2,1H3/q+1. The molecule has 0 unspecified atom stereocenters. The first-order chi connectivity index (χ1) is 5.93. The molecule has 0 aromatic carbocycles.